The molecule has 0 aliphatic rings. The highest BCUT2D eigenvalue weighted by Crippen LogP contribution is 2.03. The first-order valence-electron chi connectivity index (χ1n) is 4.41. The molecule has 0 aliphatic carbocycles. The predicted octanol–water partition coefficient (Wildman–Crippen LogP) is 0.460. The summed E-state index contributed by atoms with van der Waals surface area (Å²) < 4.78 is 0. The molecule has 0 fully saturated rings. The van der Waals surface area contributed by atoms with Gasteiger partial charge in [-0.15, -0.1) is 0 Å². The summed E-state index contributed by atoms with van der Waals surface area (Å²) >= 11 is 0. The molecule has 1 aromatic heterocycles. The summed E-state index contributed by atoms with van der Waals surface area (Å²) in [6.45, 7) is 3.48. The number of hydrogen-bond acceptors (Lipinski definition) is 4. The summed E-state index contributed by atoms with van der Waals surface area (Å²) in [4.78, 5) is 8.36. The van der Waals surface area contributed by atoms with Gasteiger partial charge in [-0.3, -0.25) is 9.97 Å². The Morgan fingerprint density at radius 1 is 1.43 bits per heavy atom. The van der Waals surface area contributed by atoms with E-state index < -0.39 is 6.10 Å². The molecule has 1 aromatic rings. The van der Waals surface area contributed by atoms with Gasteiger partial charge in [0.2, 0.25) is 0 Å². The van der Waals surface area contributed by atoms with Crippen LogP contribution >= 0.6 is 0 Å². The van der Waals surface area contributed by atoms with Gasteiger partial charge in [0.05, 0.1) is 36.0 Å². The maximum Gasteiger partial charge on any atom is 0.0955 e. The van der Waals surface area contributed by atoms with E-state index in [-0.39, 0.29) is 6.61 Å². The van der Waals surface area contributed by atoms with E-state index in [1.54, 1.807) is 12.3 Å². The Morgan fingerprint density at radius 3 is 2.71 bits per heavy atom. The van der Waals surface area contributed by atoms with Crippen LogP contribution in [0.2, 0.25) is 0 Å². The van der Waals surface area contributed by atoms with Gasteiger partial charge in [-0.2, -0.15) is 0 Å². The lowest BCUT2D eigenvalue weighted by molar-refractivity contribution is 0.131. The number of aryl methyl sites for hydroxylation is 2. The van der Waals surface area contributed by atoms with Gasteiger partial charge in [-0.05, 0) is 19.9 Å². The van der Waals surface area contributed by atoms with Crippen LogP contribution in [-0.2, 0) is 0 Å². The highest BCUT2D eigenvalue weighted by molar-refractivity contribution is 5.44. The second kappa shape index (κ2) is 4.83. The molecule has 1 atom stereocenters. The lowest BCUT2D eigenvalue weighted by Crippen LogP contribution is -2.07. The molecule has 0 aliphatic heterocycles. The average Bonchev–Trinajstić information content (AvgIpc) is 2.19. The van der Waals surface area contributed by atoms with Gasteiger partial charge in [0.1, 0.15) is 0 Å². The van der Waals surface area contributed by atoms with E-state index >= 15 is 0 Å². The van der Waals surface area contributed by atoms with E-state index in [4.69, 9.17) is 10.2 Å². The third kappa shape index (κ3) is 2.90. The van der Waals surface area contributed by atoms with Crippen LogP contribution in [0, 0.1) is 13.8 Å². The van der Waals surface area contributed by atoms with Crippen molar-refractivity contribution in [3.8, 4) is 0 Å². The van der Waals surface area contributed by atoms with Crippen LogP contribution in [0.3, 0.4) is 0 Å². The molecule has 1 rings (SSSR count). The molecule has 0 bridgehead atoms. The van der Waals surface area contributed by atoms with Crippen molar-refractivity contribution in [2.75, 3.05) is 6.61 Å². The van der Waals surface area contributed by atoms with Crippen molar-refractivity contribution in [2.24, 2.45) is 0 Å². The Morgan fingerprint density at radius 2 is 2.14 bits per heavy atom. The van der Waals surface area contributed by atoms with Crippen molar-refractivity contribution in [2.45, 2.75) is 20.0 Å². The number of aliphatic hydroxyl groups is 2. The number of rotatable bonds is 3. The van der Waals surface area contributed by atoms with E-state index in [1.807, 2.05) is 13.8 Å². The Bertz CT molecular complexity index is 337. The van der Waals surface area contributed by atoms with Crippen molar-refractivity contribution in [3.05, 3.63) is 29.4 Å². The third-order valence-electron chi connectivity index (χ3n) is 1.89. The molecule has 1 heterocycles. The first-order chi connectivity index (χ1) is 6.63. The molecule has 76 valence electrons. The summed E-state index contributed by atoms with van der Waals surface area (Å²) in [5.41, 5.74) is 2.44. The SMILES string of the molecule is Cc1ncc(/C=C/C(O)CO)nc1C. The van der Waals surface area contributed by atoms with Gasteiger partial charge < -0.3 is 10.2 Å². The number of aliphatic hydroxyl groups excluding tert-OH is 2. The van der Waals surface area contributed by atoms with E-state index in [0.717, 1.165) is 11.4 Å². The second-order valence-electron chi connectivity index (χ2n) is 3.07. The van der Waals surface area contributed by atoms with Crippen molar-refractivity contribution < 1.29 is 10.2 Å². The average molecular weight is 194 g/mol. The predicted molar refractivity (Wildman–Crippen MR) is 53.6 cm³/mol. The Labute approximate surface area is 83.0 Å². The molecule has 0 saturated carbocycles. The van der Waals surface area contributed by atoms with E-state index in [2.05, 4.69) is 9.97 Å². The highest BCUT2D eigenvalue weighted by Gasteiger charge is 1.98. The zero-order valence-corrected chi connectivity index (χ0v) is 8.31. The molecule has 0 radical (unpaired) electrons. The van der Waals surface area contributed by atoms with Crippen LogP contribution in [-0.4, -0.2) is 32.9 Å². The fourth-order valence-corrected chi connectivity index (χ4v) is 0.911. The van der Waals surface area contributed by atoms with Gasteiger partial charge >= 0.3 is 0 Å². The molecule has 0 aromatic carbocycles. The van der Waals surface area contributed by atoms with E-state index in [0.29, 0.717) is 5.69 Å². The van der Waals surface area contributed by atoms with Gasteiger partial charge in [-0.1, -0.05) is 6.08 Å². The smallest absolute Gasteiger partial charge is 0.0955 e. The molecule has 0 saturated heterocycles. The summed E-state index contributed by atoms with van der Waals surface area (Å²) in [5, 5.41) is 17.6. The first-order valence-corrected chi connectivity index (χ1v) is 4.41. The normalized spacial score (nSPS) is 13.4. The van der Waals surface area contributed by atoms with Gasteiger partial charge in [0.25, 0.3) is 0 Å². The van der Waals surface area contributed by atoms with Crippen molar-refractivity contribution in [3.63, 3.8) is 0 Å². The van der Waals surface area contributed by atoms with Crippen LogP contribution in [0.4, 0.5) is 0 Å². The Kier molecular flexibility index (Phi) is 3.73. The maximum atomic E-state index is 9.06. The number of aromatic nitrogens is 2. The van der Waals surface area contributed by atoms with Crippen LogP contribution in [0.1, 0.15) is 17.1 Å². The molecule has 0 amide bonds. The first kappa shape index (κ1) is 10.8. The van der Waals surface area contributed by atoms with Crippen molar-refractivity contribution >= 4 is 6.08 Å². The standard InChI is InChI=1S/C10H14N2O2/c1-7-8(2)12-9(5-11-7)3-4-10(14)6-13/h3-5,10,13-14H,6H2,1-2H3/b4-3+. The lowest BCUT2D eigenvalue weighted by Gasteiger charge is -2.00. The monoisotopic (exact) mass is 194 g/mol. The van der Waals surface area contributed by atoms with Crippen molar-refractivity contribution in [1.29, 1.82) is 0 Å². The van der Waals surface area contributed by atoms with Gasteiger partial charge in [0.15, 0.2) is 0 Å². The van der Waals surface area contributed by atoms with Crippen LogP contribution in [0.25, 0.3) is 6.08 Å². The molecular formula is C10H14N2O2. The molecule has 4 heteroatoms. The van der Waals surface area contributed by atoms with Crippen molar-refractivity contribution in [1.82, 2.24) is 9.97 Å². The third-order valence-corrected chi connectivity index (χ3v) is 1.89. The minimum Gasteiger partial charge on any atom is -0.393 e. The topological polar surface area (TPSA) is 66.2 Å². The minimum atomic E-state index is -0.835. The van der Waals surface area contributed by atoms with Crippen LogP contribution < -0.4 is 0 Å². The highest BCUT2D eigenvalue weighted by atomic mass is 16.3. The zero-order chi connectivity index (χ0) is 10.6. The fraction of sp³-hybridized carbons (Fsp3) is 0.400. The Balaban J connectivity index is 2.77. The van der Waals surface area contributed by atoms with Crippen LogP contribution in [0.15, 0.2) is 12.3 Å². The van der Waals surface area contributed by atoms with E-state index in [9.17, 15) is 0 Å². The zero-order valence-electron chi connectivity index (χ0n) is 8.31. The molecular weight excluding hydrogens is 180 g/mol. The second-order valence-corrected chi connectivity index (χ2v) is 3.07. The molecule has 4 nitrogen and oxygen atoms in total. The van der Waals surface area contributed by atoms with Gasteiger partial charge in [-0.25, -0.2) is 0 Å². The number of hydrogen-bond donors (Lipinski definition) is 2. The summed E-state index contributed by atoms with van der Waals surface area (Å²) in [6, 6.07) is 0. The van der Waals surface area contributed by atoms with Crippen LogP contribution in [0.5, 0.6) is 0 Å². The van der Waals surface area contributed by atoms with Gasteiger partial charge in [0, 0.05) is 0 Å². The minimum absolute atomic E-state index is 0.283. The fourth-order valence-electron chi connectivity index (χ4n) is 0.911. The summed E-state index contributed by atoms with van der Waals surface area (Å²) in [7, 11) is 0. The summed E-state index contributed by atoms with van der Waals surface area (Å²) in [5.74, 6) is 0. The summed E-state index contributed by atoms with van der Waals surface area (Å²) in [6.07, 6.45) is 3.92. The molecule has 2 N–H and O–H groups in total. The quantitative estimate of drug-likeness (QED) is 0.733. The number of nitrogens with zero attached hydrogens (tertiary/aromatic N) is 2. The van der Waals surface area contributed by atoms with E-state index in [1.165, 1.54) is 6.08 Å². The lowest BCUT2D eigenvalue weighted by atomic mass is 10.3. The maximum absolute atomic E-state index is 9.06. The Hall–Kier alpha value is -1.26. The molecule has 14 heavy (non-hydrogen) atoms. The largest absolute Gasteiger partial charge is 0.393 e. The molecule has 0 spiro atoms. The molecule has 1 unspecified atom stereocenters.